The molecule has 3 amide bonds. The molecule has 0 radical (unpaired) electrons. The van der Waals surface area contributed by atoms with Crippen molar-refractivity contribution in [3.8, 4) is 0 Å². The molecule has 1 aromatic rings. The predicted molar refractivity (Wildman–Crippen MR) is 124 cm³/mol. The van der Waals surface area contributed by atoms with Crippen molar-refractivity contribution in [2.75, 3.05) is 38.1 Å². The summed E-state index contributed by atoms with van der Waals surface area (Å²) in [5, 5.41) is 11.8. The number of carbonyl (C=O) groups is 3. The van der Waals surface area contributed by atoms with Gasteiger partial charge in [0.25, 0.3) is 0 Å². The van der Waals surface area contributed by atoms with Crippen molar-refractivity contribution in [2.24, 2.45) is 23.7 Å². The fraction of sp³-hybridized carbons (Fsp3) is 0.625. The summed E-state index contributed by atoms with van der Waals surface area (Å²) in [6, 6.07) is 10.1. The number of amides is 3. The summed E-state index contributed by atoms with van der Waals surface area (Å²) < 4.78 is 5.58. The Hall–Kier alpha value is -2.81. The number of rotatable bonds is 6. The van der Waals surface area contributed by atoms with Gasteiger partial charge in [-0.25, -0.2) is 10.3 Å². The summed E-state index contributed by atoms with van der Waals surface area (Å²) in [7, 11) is 1.51. The predicted octanol–water partition coefficient (Wildman–Crippen LogP) is 2.25. The first-order valence-electron chi connectivity index (χ1n) is 11.8. The van der Waals surface area contributed by atoms with Crippen LogP contribution in [0.3, 0.4) is 0 Å². The minimum atomic E-state index is -0.664. The van der Waals surface area contributed by atoms with Gasteiger partial charge in [0.1, 0.15) is 6.10 Å². The van der Waals surface area contributed by atoms with E-state index in [1.54, 1.807) is 5.48 Å². The van der Waals surface area contributed by atoms with Gasteiger partial charge in [0.15, 0.2) is 0 Å². The van der Waals surface area contributed by atoms with Gasteiger partial charge in [-0.15, -0.1) is 0 Å². The maximum atomic E-state index is 13.4. The van der Waals surface area contributed by atoms with E-state index < -0.39 is 23.8 Å². The number of benzene rings is 1. The molecule has 0 spiro atoms. The highest BCUT2D eigenvalue weighted by molar-refractivity contribution is 5.87. The number of hydroxylamine groups is 1. The number of piperazine rings is 1. The number of hydrogen-bond acceptors (Lipinski definition) is 6. The fourth-order valence-electron chi connectivity index (χ4n) is 5.19. The number of nitrogens with zero attached hydrogens (tertiary/aromatic N) is 2. The van der Waals surface area contributed by atoms with Crippen LogP contribution in [0.25, 0.3) is 0 Å². The molecule has 1 heterocycles. The lowest BCUT2D eigenvalue weighted by molar-refractivity contribution is -0.149. The normalized spacial score (nSPS) is 24.2. The molecule has 2 fully saturated rings. The van der Waals surface area contributed by atoms with E-state index in [-0.39, 0.29) is 23.8 Å². The van der Waals surface area contributed by atoms with Crippen molar-refractivity contribution in [3.63, 3.8) is 0 Å². The molecule has 0 bridgehead atoms. The van der Waals surface area contributed by atoms with Crippen LogP contribution >= 0.6 is 0 Å². The first-order chi connectivity index (χ1) is 15.8. The zero-order valence-electron chi connectivity index (χ0n) is 19.7. The minimum absolute atomic E-state index is 0.0388. The quantitative estimate of drug-likeness (QED) is 0.444. The van der Waals surface area contributed by atoms with E-state index in [9.17, 15) is 19.6 Å². The van der Waals surface area contributed by atoms with Crippen LogP contribution in [0.2, 0.25) is 0 Å². The van der Waals surface area contributed by atoms with Crippen molar-refractivity contribution >= 4 is 23.6 Å². The van der Waals surface area contributed by atoms with Crippen molar-refractivity contribution < 1.29 is 24.3 Å². The standard InChI is InChI=1S/C24H36N4O5/c1-16(2)21(33-24(31)25-3)17-9-10-19(20(15-17)22(29)26-32)23(30)28-13-11-27(12-14-28)18-7-5-4-6-8-18/h4-8,16-17,19-21,32H,9-15H2,1-3H3,(H,25,31)(H,26,29)/t17?,19-,20-,21+/m0/s1. The Labute approximate surface area is 195 Å². The van der Waals surface area contributed by atoms with Gasteiger partial charge in [-0.1, -0.05) is 32.0 Å². The second-order valence-corrected chi connectivity index (χ2v) is 9.27. The number of para-hydroxylation sites is 1. The van der Waals surface area contributed by atoms with Crippen LogP contribution in [0, 0.1) is 23.7 Å². The SMILES string of the molecule is CNC(=O)O[C@H](C(C)C)C1CC[C@H](C(=O)N2CCN(c3ccccc3)CC2)[C@@H](C(=O)NO)C1. The average Bonchev–Trinajstić information content (AvgIpc) is 2.86. The molecule has 9 heteroatoms. The Balaban J connectivity index is 1.66. The highest BCUT2D eigenvalue weighted by atomic mass is 16.6. The largest absolute Gasteiger partial charge is 0.446 e. The summed E-state index contributed by atoms with van der Waals surface area (Å²) in [5.41, 5.74) is 2.89. The number of ether oxygens (including phenoxy) is 1. The number of hydrogen-bond donors (Lipinski definition) is 3. The molecule has 1 aromatic carbocycles. The second kappa shape index (κ2) is 11.4. The van der Waals surface area contributed by atoms with Gasteiger partial charge in [0, 0.05) is 44.8 Å². The number of nitrogens with one attached hydrogen (secondary N) is 2. The first kappa shape index (κ1) is 24.8. The number of carbonyl (C=O) groups excluding carboxylic acids is 3. The Morgan fingerprint density at radius 3 is 2.27 bits per heavy atom. The molecule has 1 aliphatic carbocycles. The lowest BCUT2D eigenvalue weighted by atomic mass is 9.69. The number of alkyl carbamates (subject to hydrolysis) is 1. The Morgan fingerprint density at radius 2 is 1.70 bits per heavy atom. The van der Waals surface area contributed by atoms with Crippen LogP contribution in [-0.2, 0) is 14.3 Å². The molecule has 4 atom stereocenters. The van der Waals surface area contributed by atoms with E-state index in [2.05, 4.69) is 22.3 Å². The summed E-state index contributed by atoms with van der Waals surface area (Å²) >= 11 is 0. The monoisotopic (exact) mass is 460 g/mol. The molecule has 3 rings (SSSR count). The van der Waals surface area contributed by atoms with E-state index in [0.29, 0.717) is 32.4 Å². The highest BCUT2D eigenvalue weighted by Crippen LogP contribution is 2.39. The molecule has 0 aromatic heterocycles. The molecule has 2 aliphatic rings. The lowest BCUT2D eigenvalue weighted by Gasteiger charge is -2.42. The van der Waals surface area contributed by atoms with Crippen molar-refractivity contribution in [3.05, 3.63) is 30.3 Å². The average molecular weight is 461 g/mol. The summed E-state index contributed by atoms with van der Waals surface area (Å²) in [6.45, 7) is 6.59. The van der Waals surface area contributed by atoms with Crippen LogP contribution in [-0.4, -0.2) is 67.3 Å². The second-order valence-electron chi connectivity index (χ2n) is 9.27. The first-order valence-corrected chi connectivity index (χ1v) is 11.8. The fourth-order valence-corrected chi connectivity index (χ4v) is 5.19. The highest BCUT2D eigenvalue weighted by Gasteiger charge is 2.44. The molecule has 1 unspecified atom stereocenters. The van der Waals surface area contributed by atoms with Crippen LogP contribution in [0.4, 0.5) is 10.5 Å². The van der Waals surface area contributed by atoms with E-state index in [1.165, 1.54) is 7.05 Å². The molecule has 9 nitrogen and oxygen atoms in total. The van der Waals surface area contributed by atoms with E-state index in [4.69, 9.17) is 4.74 Å². The minimum Gasteiger partial charge on any atom is -0.446 e. The molecule has 33 heavy (non-hydrogen) atoms. The van der Waals surface area contributed by atoms with Gasteiger partial charge in [0.2, 0.25) is 11.8 Å². The lowest BCUT2D eigenvalue weighted by Crippen LogP contribution is -2.53. The van der Waals surface area contributed by atoms with Crippen LogP contribution in [0.5, 0.6) is 0 Å². The summed E-state index contributed by atoms with van der Waals surface area (Å²) in [6.07, 6.45) is 0.693. The third-order valence-corrected chi connectivity index (χ3v) is 6.94. The molecular weight excluding hydrogens is 424 g/mol. The van der Waals surface area contributed by atoms with E-state index in [1.807, 2.05) is 36.9 Å². The van der Waals surface area contributed by atoms with Gasteiger partial charge < -0.3 is 19.9 Å². The molecule has 182 valence electrons. The molecule has 1 saturated carbocycles. The van der Waals surface area contributed by atoms with Gasteiger partial charge in [-0.3, -0.25) is 14.8 Å². The Kier molecular flexibility index (Phi) is 8.55. The molecule has 3 N–H and O–H groups in total. The summed E-state index contributed by atoms with van der Waals surface area (Å²) in [5.74, 6) is -1.76. The molecular formula is C24H36N4O5. The summed E-state index contributed by atoms with van der Waals surface area (Å²) in [4.78, 5) is 41.9. The van der Waals surface area contributed by atoms with Gasteiger partial charge in [-0.05, 0) is 43.2 Å². The van der Waals surface area contributed by atoms with Crippen LogP contribution in [0.15, 0.2) is 30.3 Å². The number of anilines is 1. The maximum absolute atomic E-state index is 13.4. The zero-order chi connectivity index (χ0) is 24.0. The van der Waals surface area contributed by atoms with E-state index in [0.717, 1.165) is 18.8 Å². The van der Waals surface area contributed by atoms with Gasteiger partial charge in [-0.2, -0.15) is 0 Å². The van der Waals surface area contributed by atoms with Crippen molar-refractivity contribution in [2.45, 2.75) is 39.2 Å². The van der Waals surface area contributed by atoms with E-state index >= 15 is 0 Å². The third-order valence-electron chi connectivity index (χ3n) is 6.94. The van der Waals surface area contributed by atoms with Crippen LogP contribution < -0.4 is 15.7 Å². The Morgan fingerprint density at radius 1 is 1.03 bits per heavy atom. The van der Waals surface area contributed by atoms with Crippen LogP contribution in [0.1, 0.15) is 33.1 Å². The smallest absolute Gasteiger partial charge is 0.407 e. The topological polar surface area (TPSA) is 111 Å². The molecule has 1 aliphatic heterocycles. The van der Waals surface area contributed by atoms with Gasteiger partial charge in [0.05, 0.1) is 5.92 Å². The van der Waals surface area contributed by atoms with Gasteiger partial charge >= 0.3 is 6.09 Å². The maximum Gasteiger partial charge on any atom is 0.407 e. The molecule has 1 saturated heterocycles. The third kappa shape index (κ3) is 5.96. The Bertz CT molecular complexity index is 810. The van der Waals surface area contributed by atoms with Crippen molar-refractivity contribution in [1.29, 1.82) is 0 Å². The zero-order valence-corrected chi connectivity index (χ0v) is 19.7. The van der Waals surface area contributed by atoms with Crippen molar-refractivity contribution in [1.82, 2.24) is 15.7 Å².